The van der Waals surface area contributed by atoms with Crippen LogP contribution in [0, 0.1) is 25.5 Å². The topological polar surface area (TPSA) is 58.2 Å². The molecule has 0 bridgehead atoms. The van der Waals surface area contributed by atoms with Gasteiger partial charge in [-0.1, -0.05) is 30.3 Å². The molecular formula is C25H17F9N2O2. The molecule has 0 spiro atoms. The number of carbonyl (C=O) groups excluding carboxylic acids is 2. The molecule has 2 amide bonds. The summed E-state index contributed by atoms with van der Waals surface area (Å²) in [6.45, 7) is 1.95. The van der Waals surface area contributed by atoms with Crippen LogP contribution < -0.4 is 10.6 Å². The number of rotatable bonds is 5. The summed E-state index contributed by atoms with van der Waals surface area (Å²) in [6, 6.07) is 9.47. The predicted octanol–water partition coefficient (Wildman–Crippen LogP) is 7.38. The average molecular weight is 548 g/mol. The van der Waals surface area contributed by atoms with Crippen LogP contribution in [0.1, 0.15) is 37.4 Å². The van der Waals surface area contributed by atoms with E-state index in [4.69, 9.17) is 0 Å². The summed E-state index contributed by atoms with van der Waals surface area (Å²) in [7, 11) is 0. The SMILES string of the molecule is Cc1cc(C(F)(C(F)(F)F)C(F)(F)F)cc(C)c1NC(=O)c1c(F)ccc(NC(=O)c2ccccc2)c1F. The van der Waals surface area contributed by atoms with Crippen molar-refractivity contribution in [1.82, 2.24) is 0 Å². The largest absolute Gasteiger partial charge is 0.435 e. The van der Waals surface area contributed by atoms with E-state index in [0.29, 0.717) is 6.07 Å². The quantitative estimate of drug-likeness (QED) is 0.327. The Hall–Kier alpha value is -4.03. The van der Waals surface area contributed by atoms with Crippen molar-refractivity contribution in [1.29, 1.82) is 0 Å². The molecule has 0 atom stereocenters. The molecule has 3 rings (SSSR count). The maximum absolute atomic E-state index is 15.0. The van der Waals surface area contributed by atoms with Crippen molar-refractivity contribution in [3.05, 3.63) is 94.0 Å². The van der Waals surface area contributed by atoms with Gasteiger partial charge in [-0.25, -0.2) is 13.2 Å². The number of carbonyl (C=O) groups is 2. The number of nitrogens with one attached hydrogen (secondary N) is 2. The lowest BCUT2D eigenvalue weighted by atomic mass is 9.90. The molecular weight excluding hydrogens is 531 g/mol. The maximum atomic E-state index is 15.0. The van der Waals surface area contributed by atoms with Crippen molar-refractivity contribution < 1.29 is 49.1 Å². The Morgan fingerprint density at radius 3 is 1.74 bits per heavy atom. The van der Waals surface area contributed by atoms with Gasteiger partial charge in [0, 0.05) is 16.8 Å². The van der Waals surface area contributed by atoms with E-state index in [1.165, 1.54) is 24.3 Å². The van der Waals surface area contributed by atoms with Crippen molar-refractivity contribution >= 4 is 23.2 Å². The van der Waals surface area contributed by atoms with Crippen LogP contribution >= 0.6 is 0 Å². The van der Waals surface area contributed by atoms with Gasteiger partial charge in [0.15, 0.2) is 5.82 Å². The molecule has 202 valence electrons. The Kier molecular flexibility index (Phi) is 7.53. The highest BCUT2D eigenvalue weighted by molar-refractivity contribution is 6.08. The summed E-state index contributed by atoms with van der Waals surface area (Å²) in [4.78, 5) is 25.0. The van der Waals surface area contributed by atoms with Crippen LogP contribution in [0.25, 0.3) is 0 Å². The molecule has 0 aliphatic carbocycles. The lowest BCUT2D eigenvalue weighted by Gasteiger charge is -2.31. The number of benzene rings is 3. The molecule has 0 heterocycles. The van der Waals surface area contributed by atoms with Crippen molar-refractivity contribution in [2.75, 3.05) is 10.6 Å². The second kappa shape index (κ2) is 10.0. The van der Waals surface area contributed by atoms with Gasteiger partial charge in [0.05, 0.1) is 5.69 Å². The second-order valence-corrected chi connectivity index (χ2v) is 8.20. The standard InChI is InChI=1S/C25H17F9N2O2/c1-12-10-15(23(28,24(29,30)31)25(32,33)34)11-13(2)20(12)36-22(38)18-16(26)8-9-17(19(18)27)35-21(37)14-6-4-3-5-7-14/h3-11H,1-2H3,(H,35,37)(H,36,38). The minimum Gasteiger partial charge on any atom is -0.321 e. The zero-order chi connectivity index (χ0) is 28.6. The molecule has 3 aromatic carbocycles. The van der Waals surface area contributed by atoms with Crippen LogP contribution in [-0.4, -0.2) is 24.2 Å². The first kappa shape index (κ1) is 28.5. The smallest absolute Gasteiger partial charge is 0.321 e. The Bertz CT molecular complexity index is 1350. The molecule has 3 aromatic rings. The summed E-state index contributed by atoms with van der Waals surface area (Å²) < 4.78 is 123. The summed E-state index contributed by atoms with van der Waals surface area (Å²) >= 11 is 0. The molecule has 0 unspecified atom stereocenters. The fraction of sp³-hybridized carbons (Fsp3) is 0.200. The summed E-state index contributed by atoms with van der Waals surface area (Å²) in [5.41, 5.74) is -10.4. The number of alkyl halides is 7. The zero-order valence-electron chi connectivity index (χ0n) is 19.4. The maximum Gasteiger partial charge on any atom is 0.435 e. The third kappa shape index (κ3) is 5.18. The van der Waals surface area contributed by atoms with E-state index in [1.54, 1.807) is 6.07 Å². The Labute approximate surface area is 209 Å². The first-order valence-electron chi connectivity index (χ1n) is 10.6. The molecule has 0 radical (unpaired) electrons. The minimum absolute atomic E-state index is 0.121. The van der Waals surface area contributed by atoms with Crippen LogP contribution in [0.5, 0.6) is 0 Å². The van der Waals surface area contributed by atoms with E-state index < -0.39 is 75.1 Å². The van der Waals surface area contributed by atoms with Gasteiger partial charge in [-0.15, -0.1) is 0 Å². The number of halogens is 9. The number of hydrogen-bond donors (Lipinski definition) is 2. The lowest BCUT2D eigenvalue weighted by Crippen LogP contribution is -2.50. The van der Waals surface area contributed by atoms with Gasteiger partial charge in [-0.05, 0) is 49.2 Å². The minimum atomic E-state index is -6.36. The fourth-order valence-corrected chi connectivity index (χ4v) is 3.66. The fourth-order valence-electron chi connectivity index (χ4n) is 3.66. The van der Waals surface area contributed by atoms with Gasteiger partial charge < -0.3 is 10.6 Å². The van der Waals surface area contributed by atoms with Crippen LogP contribution in [0.4, 0.5) is 50.9 Å². The van der Waals surface area contributed by atoms with Crippen molar-refractivity contribution in [3.63, 3.8) is 0 Å². The van der Waals surface area contributed by atoms with E-state index in [2.05, 4.69) is 5.32 Å². The highest BCUT2D eigenvalue weighted by Gasteiger charge is 2.73. The molecule has 0 aromatic heterocycles. The van der Waals surface area contributed by atoms with E-state index in [1.807, 2.05) is 5.32 Å². The van der Waals surface area contributed by atoms with E-state index >= 15 is 4.39 Å². The van der Waals surface area contributed by atoms with Crippen molar-refractivity contribution in [2.24, 2.45) is 0 Å². The monoisotopic (exact) mass is 548 g/mol. The molecule has 0 aliphatic heterocycles. The molecule has 0 saturated heterocycles. The van der Waals surface area contributed by atoms with Crippen molar-refractivity contribution in [3.8, 4) is 0 Å². The molecule has 0 aliphatic rings. The van der Waals surface area contributed by atoms with E-state index in [9.17, 15) is 44.7 Å². The molecule has 0 saturated carbocycles. The third-order valence-electron chi connectivity index (χ3n) is 5.55. The first-order valence-corrected chi connectivity index (χ1v) is 10.6. The van der Waals surface area contributed by atoms with E-state index in [-0.39, 0.29) is 17.7 Å². The summed E-state index contributed by atoms with van der Waals surface area (Å²) in [5.74, 6) is -5.11. The molecule has 2 N–H and O–H groups in total. The van der Waals surface area contributed by atoms with Gasteiger partial charge in [-0.3, -0.25) is 9.59 Å². The normalized spacial score (nSPS) is 12.3. The third-order valence-corrected chi connectivity index (χ3v) is 5.55. The Morgan fingerprint density at radius 1 is 0.711 bits per heavy atom. The second-order valence-electron chi connectivity index (χ2n) is 8.20. The van der Waals surface area contributed by atoms with Crippen LogP contribution in [-0.2, 0) is 5.67 Å². The average Bonchev–Trinajstić information content (AvgIpc) is 2.81. The van der Waals surface area contributed by atoms with Crippen LogP contribution in [0.15, 0.2) is 54.6 Å². The van der Waals surface area contributed by atoms with Gasteiger partial charge in [0.1, 0.15) is 11.4 Å². The molecule has 38 heavy (non-hydrogen) atoms. The Morgan fingerprint density at radius 2 is 1.24 bits per heavy atom. The number of amides is 2. The number of anilines is 2. The first-order chi connectivity index (χ1) is 17.5. The van der Waals surface area contributed by atoms with Gasteiger partial charge >= 0.3 is 18.0 Å². The summed E-state index contributed by atoms with van der Waals surface area (Å²) in [5, 5.41) is 4.20. The van der Waals surface area contributed by atoms with Crippen LogP contribution in [0.3, 0.4) is 0 Å². The van der Waals surface area contributed by atoms with Gasteiger partial charge in [0.2, 0.25) is 0 Å². The molecule has 13 heteroatoms. The predicted molar refractivity (Wildman–Crippen MR) is 120 cm³/mol. The Balaban J connectivity index is 1.97. The van der Waals surface area contributed by atoms with Crippen LogP contribution in [0.2, 0.25) is 0 Å². The highest BCUT2D eigenvalue weighted by Crippen LogP contribution is 2.53. The van der Waals surface area contributed by atoms with E-state index in [0.717, 1.165) is 19.9 Å². The highest BCUT2D eigenvalue weighted by atomic mass is 19.4. The number of aryl methyl sites for hydroxylation is 2. The lowest BCUT2D eigenvalue weighted by molar-refractivity contribution is -0.348. The van der Waals surface area contributed by atoms with Gasteiger partial charge in [0.25, 0.3) is 11.8 Å². The molecule has 0 fully saturated rings. The van der Waals surface area contributed by atoms with Crippen molar-refractivity contribution in [2.45, 2.75) is 31.9 Å². The summed E-state index contributed by atoms with van der Waals surface area (Å²) in [6.07, 6.45) is -12.7. The zero-order valence-corrected chi connectivity index (χ0v) is 19.4. The molecule has 4 nitrogen and oxygen atoms in total. The van der Waals surface area contributed by atoms with Gasteiger partial charge in [-0.2, -0.15) is 26.3 Å². The number of hydrogen-bond acceptors (Lipinski definition) is 2.